The maximum Gasteiger partial charge on any atom is 0.326 e. The topological polar surface area (TPSA) is 57.6 Å². The van der Waals surface area contributed by atoms with Gasteiger partial charge in [-0.1, -0.05) is 28.1 Å². The second-order valence-corrected chi connectivity index (χ2v) is 5.07. The Morgan fingerprint density at radius 2 is 2.06 bits per heavy atom. The molecule has 0 bridgehead atoms. The van der Waals surface area contributed by atoms with Gasteiger partial charge in [-0.25, -0.2) is 4.79 Å². The lowest BCUT2D eigenvalue weighted by Crippen LogP contribution is -2.41. The van der Waals surface area contributed by atoms with Crippen LogP contribution in [0.3, 0.4) is 0 Å². The van der Waals surface area contributed by atoms with Crippen molar-refractivity contribution in [3.63, 3.8) is 0 Å². The van der Waals surface area contributed by atoms with Crippen LogP contribution in [-0.4, -0.2) is 35.0 Å². The lowest BCUT2D eigenvalue weighted by atomic mass is 10.1. The van der Waals surface area contributed by atoms with E-state index in [1.54, 1.807) is 0 Å². The SMILES string of the molecule is Cc1c(Br)cccc1CC(=O)N(C)C(C)C(=O)O. The van der Waals surface area contributed by atoms with Gasteiger partial charge in [-0.15, -0.1) is 0 Å². The van der Waals surface area contributed by atoms with E-state index in [1.807, 2.05) is 25.1 Å². The first-order chi connectivity index (χ1) is 8.34. The molecule has 0 saturated heterocycles. The highest BCUT2D eigenvalue weighted by Crippen LogP contribution is 2.20. The Morgan fingerprint density at radius 1 is 1.44 bits per heavy atom. The number of carboxylic acids is 1. The highest BCUT2D eigenvalue weighted by molar-refractivity contribution is 9.10. The Morgan fingerprint density at radius 3 is 2.61 bits per heavy atom. The van der Waals surface area contributed by atoms with Gasteiger partial charge in [0.15, 0.2) is 0 Å². The molecule has 1 N–H and O–H groups in total. The van der Waals surface area contributed by atoms with Crippen LogP contribution >= 0.6 is 15.9 Å². The quantitative estimate of drug-likeness (QED) is 0.927. The summed E-state index contributed by atoms with van der Waals surface area (Å²) >= 11 is 3.41. The first-order valence-corrected chi connectivity index (χ1v) is 6.36. The summed E-state index contributed by atoms with van der Waals surface area (Å²) in [5.74, 6) is -1.21. The van der Waals surface area contributed by atoms with Crippen molar-refractivity contribution in [1.29, 1.82) is 0 Å². The standard InChI is InChI=1S/C13H16BrNO3/c1-8-10(5-4-6-11(8)14)7-12(16)15(3)9(2)13(17)18/h4-6,9H,7H2,1-3H3,(H,17,18). The van der Waals surface area contributed by atoms with Crippen molar-refractivity contribution in [2.24, 2.45) is 0 Å². The molecule has 1 atom stereocenters. The number of aliphatic carboxylic acids is 1. The van der Waals surface area contributed by atoms with E-state index in [9.17, 15) is 9.59 Å². The number of halogens is 1. The third-order valence-electron chi connectivity index (χ3n) is 3.05. The summed E-state index contributed by atoms with van der Waals surface area (Å²) in [6.07, 6.45) is 0.208. The molecule has 1 aromatic rings. The fraction of sp³-hybridized carbons (Fsp3) is 0.385. The van der Waals surface area contributed by atoms with Gasteiger partial charge in [-0.05, 0) is 31.0 Å². The Hall–Kier alpha value is -1.36. The van der Waals surface area contributed by atoms with Crippen LogP contribution < -0.4 is 0 Å². The fourth-order valence-electron chi connectivity index (χ4n) is 1.51. The van der Waals surface area contributed by atoms with Gasteiger partial charge in [0.05, 0.1) is 6.42 Å². The third-order valence-corrected chi connectivity index (χ3v) is 3.91. The van der Waals surface area contributed by atoms with E-state index in [-0.39, 0.29) is 12.3 Å². The number of nitrogens with zero attached hydrogens (tertiary/aromatic N) is 1. The summed E-state index contributed by atoms with van der Waals surface area (Å²) in [4.78, 5) is 24.0. The average molecular weight is 314 g/mol. The first-order valence-electron chi connectivity index (χ1n) is 5.57. The van der Waals surface area contributed by atoms with Gasteiger partial charge in [0.25, 0.3) is 0 Å². The smallest absolute Gasteiger partial charge is 0.326 e. The molecule has 0 aliphatic heterocycles. The molecule has 0 aromatic heterocycles. The molecule has 4 nitrogen and oxygen atoms in total. The van der Waals surface area contributed by atoms with Crippen molar-refractivity contribution in [2.75, 3.05) is 7.05 Å². The number of carbonyl (C=O) groups excluding carboxylic acids is 1. The van der Waals surface area contributed by atoms with E-state index in [1.165, 1.54) is 18.9 Å². The molecule has 0 aliphatic rings. The number of rotatable bonds is 4. The zero-order chi connectivity index (χ0) is 13.9. The molecule has 1 aromatic carbocycles. The van der Waals surface area contributed by atoms with Gasteiger partial charge in [-0.2, -0.15) is 0 Å². The highest BCUT2D eigenvalue weighted by Gasteiger charge is 2.22. The molecule has 0 aliphatic carbocycles. The molecule has 98 valence electrons. The molecular formula is C13H16BrNO3. The number of hydrogen-bond acceptors (Lipinski definition) is 2. The molecule has 5 heteroatoms. The maximum atomic E-state index is 12.0. The van der Waals surface area contributed by atoms with Gasteiger partial charge in [0, 0.05) is 11.5 Å². The molecule has 0 radical (unpaired) electrons. The van der Waals surface area contributed by atoms with E-state index in [0.717, 1.165) is 15.6 Å². The van der Waals surface area contributed by atoms with Crippen LogP contribution in [0.2, 0.25) is 0 Å². The Bertz CT molecular complexity index is 473. The van der Waals surface area contributed by atoms with E-state index < -0.39 is 12.0 Å². The molecule has 0 saturated carbocycles. The minimum Gasteiger partial charge on any atom is -0.480 e. The second kappa shape index (κ2) is 6.00. The highest BCUT2D eigenvalue weighted by atomic mass is 79.9. The minimum atomic E-state index is -1.00. The van der Waals surface area contributed by atoms with Crippen molar-refractivity contribution >= 4 is 27.8 Å². The number of amides is 1. The number of benzene rings is 1. The van der Waals surface area contributed by atoms with Crippen molar-refractivity contribution < 1.29 is 14.7 Å². The molecular weight excluding hydrogens is 298 g/mol. The summed E-state index contributed by atoms with van der Waals surface area (Å²) < 4.78 is 0.946. The second-order valence-electron chi connectivity index (χ2n) is 4.22. The lowest BCUT2D eigenvalue weighted by Gasteiger charge is -2.22. The van der Waals surface area contributed by atoms with Crippen LogP contribution in [-0.2, 0) is 16.0 Å². The van der Waals surface area contributed by atoms with Crippen LogP contribution in [0.15, 0.2) is 22.7 Å². The summed E-state index contributed by atoms with van der Waals surface area (Å²) in [7, 11) is 1.51. The van der Waals surface area contributed by atoms with Crippen molar-refractivity contribution in [2.45, 2.75) is 26.3 Å². The zero-order valence-corrected chi connectivity index (χ0v) is 12.2. The predicted molar refractivity (Wildman–Crippen MR) is 72.5 cm³/mol. The maximum absolute atomic E-state index is 12.0. The summed E-state index contributed by atoms with van der Waals surface area (Å²) in [5, 5.41) is 8.86. The van der Waals surface area contributed by atoms with Crippen molar-refractivity contribution in [3.8, 4) is 0 Å². The number of likely N-dealkylation sites (N-methyl/N-ethyl adjacent to an activating group) is 1. The molecule has 18 heavy (non-hydrogen) atoms. The van der Waals surface area contributed by atoms with E-state index in [4.69, 9.17) is 5.11 Å². The normalized spacial score (nSPS) is 12.0. The van der Waals surface area contributed by atoms with E-state index in [0.29, 0.717) is 0 Å². The lowest BCUT2D eigenvalue weighted by molar-refractivity contribution is -0.148. The van der Waals surface area contributed by atoms with Crippen molar-refractivity contribution in [3.05, 3.63) is 33.8 Å². The zero-order valence-electron chi connectivity index (χ0n) is 10.6. The van der Waals surface area contributed by atoms with E-state index in [2.05, 4.69) is 15.9 Å². The Balaban J connectivity index is 2.82. The van der Waals surface area contributed by atoms with Crippen LogP contribution in [0.5, 0.6) is 0 Å². The predicted octanol–water partition coefficient (Wildman–Crippen LogP) is 2.23. The molecule has 1 rings (SSSR count). The van der Waals surface area contributed by atoms with Gasteiger partial charge in [0.2, 0.25) is 5.91 Å². The molecule has 0 fully saturated rings. The van der Waals surface area contributed by atoms with Crippen LogP contribution in [0.25, 0.3) is 0 Å². The third kappa shape index (κ3) is 3.32. The minimum absolute atomic E-state index is 0.203. The first kappa shape index (κ1) is 14.7. The molecule has 0 spiro atoms. The Kier molecular flexibility index (Phi) is 4.90. The molecule has 0 heterocycles. The monoisotopic (exact) mass is 313 g/mol. The molecule has 1 amide bonds. The summed E-state index contributed by atoms with van der Waals surface area (Å²) in [6.45, 7) is 3.42. The number of carbonyl (C=O) groups is 2. The van der Waals surface area contributed by atoms with Gasteiger partial charge in [0.1, 0.15) is 6.04 Å². The number of carboxylic acid groups (broad SMARTS) is 1. The van der Waals surface area contributed by atoms with Gasteiger partial charge < -0.3 is 10.0 Å². The number of hydrogen-bond donors (Lipinski definition) is 1. The Labute approximate surface area is 115 Å². The molecule has 1 unspecified atom stereocenters. The van der Waals surface area contributed by atoms with Crippen LogP contribution in [0.1, 0.15) is 18.1 Å². The van der Waals surface area contributed by atoms with Crippen LogP contribution in [0, 0.1) is 6.92 Å². The average Bonchev–Trinajstić information content (AvgIpc) is 2.32. The fourth-order valence-corrected chi connectivity index (χ4v) is 1.92. The van der Waals surface area contributed by atoms with Crippen molar-refractivity contribution in [1.82, 2.24) is 4.90 Å². The van der Waals surface area contributed by atoms with E-state index >= 15 is 0 Å². The summed E-state index contributed by atoms with van der Waals surface area (Å²) in [6, 6.07) is 4.83. The van der Waals surface area contributed by atoms with Crippen LogP contribution in [0.4, 0.5) is 0 Å². The summed E-state index contributed by atoms with van der Waals surface area (Å²) in [5.41, 5.74) is 1.90. The largest absolute Gasteiger partial charge is 0.480 e. The van der Waals surface area contributed by atoms with Gasteiger partial charge in [-0.3, -0.25) is 4.79 Å². The van der Waals surface area contributed by atoms with Gasteiger partial charge >= 0.3 is 5.97 Å².